The molecule has 0 N–H and O–H groups in total. The highest BCUT2D eigenvalue weighted by Crippen LogP contribution is 2.40. The summed E-state index contributed by atoms with van der Waals surface area (Å²) in [4.78, 5) is 2.24. The zero-order valence-electron chi connectivity index (χ0n) is 16.9. The second-order valence-electron chi connectivity index (χ2n) is 6.81. The molecule has 1 unspecified atom stereocenters. The van der Waals surface area contributed by atoms with Crippen LogP contribution in [0.5, 0.6) is 0 Å². The van der Waals surface area contributed by atoms with Crippen molar-refractivity contribution >= 4 is 48.2 Å². The van der Waals surface area contributed by atoms with E-state index in [9.17, 15) is 21.6 Å². The van der Waals surface area contributed by atoms with Crippen LogP contribution in [-0.4, -0.2) is 34.9 Å². The van der Waals surface area contributed by atoms with Gasteiger partial charge in [-0.3, -0.25) is 0 Å². The maximum absolute atomic E-state index is 13.8. The summed E-state index contributed by atoms with van der Waals surface area (Å²) in [6.45, 7) is 0. The quantitative estimate of drug-likeness (QED) is 0.289. The second-order valence-corrected chi connectivity index (χ2v) is 10.8. The molecule has 0 saturated heterocycles. The van der Waals surface area contributed by atoms with Crippen LogP contribution in [0.25, 0.3) is 10.8 Å². The number of rotatable bonds is 7. The fraction of sp³-hybridized carbons (Fsp3) is 0.238. The summed E-state index contributed by atoms with van der Waals surface area (Å²) in [5.74, 6) is 0. The molecule has 3 rings (SSSR count). The van der Waals surface area contributed by atoms with Crippen molar-refractivity contribution in [3.8, 4) is 0 Å². The molecule has 4 nitrogen and oxygen atoms in total. The lowest BCUT2D eigenvalue weighted by Gasteiger charge is -2.22. The minimum atomic E-state index is -4.92. The molecule has 3 aromatic carbocycles. The van der Waals surface area contributed by atoms with Crippen LogP contribution in [0.4, 0.5) is 18.9 Å². The van der Waals surface area contributed by atoms with Crippen molar-refractivity contribution in [1.82, 2.24) is 0 Å². The third-order valence-corrected chi connectivity index (χ3v) is 7.54. The smallest absolute Gasteiger partial charge is 0.377 e. The van der Waals surface area contributed by atoms with Crippen molar-refractivity contribution in [3.05, 3.63) is 66.2 Å². The van der Waals surface area contributed by atoms with E-state index in [1.165, 1.54) is 58.0 Å². The molecule has 0 aliphatic carbocycles. The molecular weight excluding hydrogens is 467 g/mol. The van der Waals surface area contributed by atoms with Crippen LogP contribution in [0, 0.1) is 0 Å². The number of alkyl halides is 3. The van der Waals surface area contributed by atoms with Gasteiger partial charge in [0.05, 0.1) is 0 Å². The molecule has 0 bridgehead atoms. The van der Waals surface area contributed by atoms with Crippen LogP contribution in [-0.2, 0) is 14.3 Å². The number of hydrogen-bond acceptors (Lipinski definition) is 6. The first-order valence-electron chi connectivity index (χ1n) is 9.04. The zero-order valence-corrected chi connectivity index (χ0v) is 19.3. The Kier molecular flexibility index (Phi) is 7.14. The SMILES string of the molecule is CSSc1ccc(C(OS(=O)(=O)c2cccc3c(N(C)C)cccc23)C(F)(F)F)cc1. The Labute approximate surface area is 187 Å². The Morgan fingerprint density at radius 3 is 2.13 bits per heavy atom. The third kappa shape index (κ3) is 5.31. The highest BCUT2D eigenvalue weighted by molar-refractivity contribution is 8.76. The van der Waals surface area contributed by atoms with E-state index in [1.54, 1.807) is 43.3 Å². The standard InChI is InChI=1S/C21H20F3NO3S3/c1-25(2)18-8-4-7-17-16(18)6-5-9-19(17)31(26,27)28-20(21(22,23)24)14-10-12-15(13-11-14)30-29-3/h4-13,20H,1-3H3. The molecule has 0 aliphatic heterocycles. The molecule has 0 heterocycles. The van der Waals surface area contributed by atoms with E-state index < -0.39 is 22.4 Å². The van der Waals surface area contributed by atoms with Crippen LogP contribution in [0.3, 0.4) is 0 Å². The summed E-state index contributed by atoms with van der Waals surface area (Å²) in [6.07, 6.45) is -5.68. The number of anilines is 1. The van der Waals surface area contributed by atoms with E-state index in [-0.39, 0.29) is 10.5 Å². The second kappa shape index (κ2) is 9.32. The van der Waals surface area contributed by atoms with E-state index in [1.807, 2.05) is 6.26 Å². The predicted molar refractivity (Wildman–Crippen MR) is 121 cm³/mol. The minimum absolute atomic E-state index is 0.282. The van der Waals surface area contributed by atoms with E-state index in [0.29, 0.717) is 10.8 Å². The molecule has 166 valence electrons. The molecule has 0 aromatic heterocycles. The van der Waals surface area contributed by atoms with Crippen molar-refractivity contribution in [2.75, 3.05) is 25.3 Å². The molecule has 0 saturated carbocycles. The Hall–Kier alpha value is -1.88. The van der Waals surface area contributed by atoms with Gasteiger partial charge in [-0.2, -0.15) is 21.6 Å². The van der Waals surface area contributed by atoms with E-state index >= 15 is 0 Å². The van der Waals surface area contributed by atoms with Gasteiger partial charge >= 0.3 is 6.18 Å². The van der Waals surface area contributed by atoms with Gasteiger partial charge in [0.15, 0.2) is 6.10 Å². The van der Waals surface area contributed by atoms with Gasteiger partial charge in [0.2, 0.25) is 0 Å². The van der Waals surface area contributed by atoms with Crippen molar-refractivity contribution in [3.63, 3.8) is 0 Å². The maximum Gasteiger partial charge on any atom is 0.420 e. The third-order valence-electron chi connectivity index (χ3n) is 4.49. The van der Waals surface area contributed by atoms with Crippen molar-refractivity contribution < 1.29 is 25.8 Å². The van der Waals surface area contributed by atoms with E-state index in [4.69, 9.17) is 4.18 Å². The van der Waals surface area contributed by atoms with Crippen LogP contribution < -0.4 is 4.90 Å². The number of nitrogens with zero attached hydrogens (tertiary/aromatic N) is 1. The molecular formula is C21H20F3NO3S3. The highest BCUT2D eigenvalue weighted by atomic mass is 33.1. The average Bonchev–Trinajstić information content (AvgIpc) is 2.71. The summed E-state index contributed by atoms with van der Waals surface area (Å²) in [5, 5.41) is 0.889. The summed E-state index contributed by atoms with van der Waals surface area (Å²) < 4.78 is 72.1. The summed E-state index contributed by atoms with van der Waals surface area (Å²) in [6, 6.07) is 14.9. The monoisotopic (exact) mass is 487 g/mol. The molecule has 31 heavy (non-hydrogen) atoms. The lowest BCUT2D eigenvalue weighted by Crippen LogP contribution is -2.26. The van der Waals surface area contributed by atoms with Gasteiger partial charge in [0.25, 0.3) is 10.1 Å². The summed E-state index contributed by atoms with van der Waals surface area (Å²) in [7, 11) is 1.71. The zero-order chi connectivity index (χ0) is 22.8. The highest BCUT2D eigenvalue weighted by Gasteiger charge is 2.45. The topological polar surface area (TPSA) is 46.6 Å². The van der Waals surface area contributed by atoms with Gasteiger partial charge in [0.1, 0.15) is 4.90 Å². The largest absolute Gasteiger partial charge is 0.420 e. The van der Waals surface area contributed by atoms with Crippen molar-refractivity contribution in [2.45, 2.75) is 22.1 Å². The summed E-state index contributed by atoms with van der Waals surface area (Å²) >= 11 is 0. The Morgan fingerprint density at radius 1 is 0.935 bits per heavy atom. The summed E-state index contributed by atoms with van der Waals surface area (Å²) in [5.41, 5.74) is 0.458. The molecule has 3 aromatic rings. The van der Waals surface area contributed by atoms with Gasteiger partial charge in [-0.1, -0.05) is 58.0 Å². The number of benzene rings is 3. The van der Waals surface area contributed by atoms with Gasteiger partial charge in [-0.05, 0) is 36.1 Å². The number of hydrogen-bond donors (Lipinski definition) is 0. The Bertz CT molecular complexity index is 1160. The van der Waals surface area contributed by atoms with Gasteiger partial charge in [-0.25, -0.2) is 4.18 Å². The van der Waals surface area contributed by atoms with Crippen molar-refractivity contribution in [1.29, 1.82) is 0 Å². The average molecular weight is 488 g/mol. The van der Waals surface area contributed by atoms with Gasteiger partial charge in [0, 0.05) is 35.5 Å². The fourth-order valence-corrected chi connectivity index (χ4v) is 5.76. The molecule has 0 aliphatic rings. The Morgan fingerprint density at radius 2 is 1.55 bits per heavy atom. The van der Waals surface area contributed by atoms with Gasteiger partial charge < -0.3 is 4.90 Å². The minimum Gasteiger partial charge on any atom is -0.377 e. The Balaban J connectivity index is 2.05. The lowest BCUT2D eigenvalue weighted by atomic mass is 10.1. The number of fused-ring (bicyclic) bond motifs is 1. The molecule has 1 atom stereocenters. The molecule has 0 radical (unpaired) electrons. The van der Waals surface area contributed by atoms with Crippen LogP contribution in [0.2, 0.25) is 0 Å². The van der Waals surface area contributed by atoms with E-state index in [0.717, 1.165) is 10.6 Å². The van der Waals surface area contributed by atoms with E-state index in [2.05, 4.69) is 0 Å². The maximum atomic E-state index is 13.8. The first-order valence-corrected chi connectivity index (χ1v) is 13.0. The normalized spacial score (nSPS) is 13.4. The van der Waals surface area contributed by atoms with Crippen molar-refractivity contribution in [2.24, 2.45) is 0 Å². The van der Waals surface area contributed by atoms with Gasteiger partial charge in [-0.15, -0.1) is 0 Å². The van der Waals surface area contributed by atoms with Crippen LogP contribution in [0.15, 0.2) is 70.5 Å². The van der Waals surface area contributed by atoms with Crippen LogP contribution in [0.1, 0.15) is 11.7 Å². The molecule has 0 spiro atoms. The molecule has 0 amide bonds. The fourth-order valence-electron chi connectivity index (χ4n) is 3.14. The van der Waals surface area contributed by atoms with Crippen LogP contribution >= 0.6 is 21.6 Å². The molecule has 0 fully saturated rings. The molecule has 10 heteroatoms. The lowest BCUT2D eigenvalue weighted by molar-refractivity contribution is -0.196. The first kappa shape index (κ1) is 23.8. The number of halogens is 3. The predicted octanol–water partition coefficient (Wildman–Crippen LogP) is 6.28. The first-order chi connectivity index (χ1) is 14.5.